The van der Waals surface area contributed by atoms with Crippen LogP contribution in [0.15, 0.2) is 72.8 Å². The van der Waals surface area contributed by atoms with E-state index in [1.807, 2.05) is 19.1 Å². The first kappa shape index (κ1) is 28.7. The molecule has 2 amide bonds. The summed E-state index contributed by atoms with van der Waals surface area (Å²) in [4.78, 5) is 48.1. The number of hydrogen-bond acceptors (Lipinski definition) is 8. The van der Waals surface area contributed by atoms with Crippen LogP contribution in [0.1, 0.15) is 36.5 Å². The number of rotatable bonds is 13. The Hall–Kier alpha value is -4.86. The Labute approximate surface area is 226 Å². The average Bonchev–Trinajstić information content (AvgIpc) is 2.95. The van der Waals surface area contributed by atoms with E-state index in [1.54, 1.807) is 55.6 Å². The zero-order chi connectivity index (χ0) is 28.0. The first-order valence-electron chi connectivity index (χ1n) is 12.3. The number of carbonyl (C=O) groups excluding carboxylic acids is 4. The van der Waals surface area contributed by atoms with Crippen molar-refractivity contribution in [2.24, 2.45) is 0 Å². The molecule has 0 unspecified atom stereocenters. The van der Waals surface area contributed by atoms with E-state index in [9.17, 15) is 19.2 Å². The SMILES string of the molecule is CCCOC(=O)c1ccc(NC(=O)COC(=O)CCC(=O)Nc2ccc(Oc3ccccc3OC)cc2)cc1. The molecule has 204 valence electrons. The summed E-state index contributed by atoms with van der Waals surface area (Å²) in [6.45, 7) is 1.72. The number of esters is 2. The van der Waals surface area contributed by atoms with Crippen molar-refractivity contribution in [1.29, 1.82) is 0 Å². The number of para-hydroxylation sites is 2. The van der Waals surface area contributed by atoms with Crippen LogP contribution in [-0.2, 0) is 23.9 Å². The molecule has 0 bridgehead atoms. The lowest BCUT2D eigenvalue weighted by Crippen LogP contribution is -2.21. The lowest BCUT2D eigenvalue weighted by Gasteiger charge is -2.11. The predicted octanol–water partition coefficient (Wildman–Crippen LogP) is 4.95. The summed E-state index contributed by atoms with van der Waals surface area (Å²) in [5.41, 5.74) is 1.33. The maximum absolute atomic E-state index is 12.2. The monoisotopic (exact) mass is 534 g/mol. The maximum Gasteiger partial charge on any atom is 0.338 e. The standard InChI is InChI=1S/C29H30N2O8/c1-3-18-37-29(35)20-8-10-21(11-9-20)31-27(33)19-38-28(34)17-16-26(32)30-22-12-14-23(15-13-22)39-25-7-5-4-6-24(25)36-2/h4-15H,3,16-19H2,1-2H3,(H,30,32)(H,31,33). The molecule has 0 atom stereocenters. The van der Waals surface area contributed by atoms with Crippen LogP contribution in [0, 0.1) is 0 Å². The second-order valence-electron chi connectivity index (χ2n) is 8.25. The molecular weight excluding hydrogens is 504 g/mol. The Morgan fingerprint density at radius 2 is 1.33 bits per heavy atom. The van der Waals surface area contributed by atoms with E-state index in [1.165, 1.54) is 12.1 Å². The zero-order valence-electron chi connectivity index (χ0n) is 21.7. The fraction of sp³-hybridized carbons (Fsp3) is 0.241. The van der Waals surface area contributed by atoms with Crippen LogP contribution >= 0.6 is 0 Å². The third-order valence-corrected chi connectivity index (χ3v) is 5.20. The van der Waals surface area contributed by atoms with Gasteiger partial charge in [0.05, 0.1) is 25.7 Å². The number of carbonyl (C=O) groups is 4. The van der Waals surface area contributed by atoms with Crippen molar-refractivity contribution in [2.75, 3.05) is 31.0 Å². The van der Waals surface area contributed by atoms with Crippen molar-refractivity contribution in [3.8, 4) is 17.2 Å². The van der Waals surface area contributed by atoms with Crippen molar-refractivity contribution >= 4 is 35.1 Å². The molecule has 0 fully saturated rings. The van der Waals surface area contributed by atoms with Gasteiger partial charge in [0.25, 0.3) is 5.91 Å². The topological polar surface area (TPSA) is 129 Å². The molecule has 0 spiro atoms. The molecule has 2 N–H and O–H groups in total. The molecular formula is C29H30N2O8. The van der Waals surface area contributed by atoms with Gasteiger partial charge in [0, 0.05) is 17.8 Å². The number of hydrogen-bond donors (Lipinski definition) is 2. The van der Waals surface area contributed by atoms with E-state index >= 15 is 0 Å². The van der Waals surface area contributed by atoms with Crippen molar-refractivity contribution < 1.29 is 38.1 Å². The third-order valence-electron chi connectivity index (χ3n) is 5.20. The molecule has 10 heteroatoms. The van der Waals surface area contributed by atoms with E-state index in [4.69, 9.17) is 18.9 Å². The lowest BCUT2D eigenvalue weighted by atomic mass is 10.2. The first-order valence-corrected chi connectivity index (χ1v) is 12.3. The molecule has 0 aromatic heterocycles. The molecule has 0 heterocycles. The van der Waals surface area contributed by atoms with Crippen LogP contribution in [0.3, 0.4) is 0 Å². The van der Waals surface area contributed by atoms with Gasteiger partial charge in [-0.1, -0.05) is 19.1 Å². The minimum absolute atomic E-state index is 0.116. The summed E-state index contributed by atoms with van der Waals surface area (Å²) >= 11 is 0. The minimum atomic E-state index is -0.685. The van der Waals surface area contributed by atoms with E-state index in [-0.39, 0.29) is 18.7 Å². The number of amides is 2. The van der Waals surface area contributed by atoms with Gasteiger partial charge in [0.2, 0.25) is 5.91 Å². The smallest absolute Gasteiger partial charge is 0.338 e. The van der Waals surface area contributed by atoms with Crippen LogP contribution in [0.25, 0.3) is 0 Å². The fourth-order valence-electron chi connectivity index (χ4n) is 3.26. The molecule has 3 rings (SSSR count). The molecule has 0 aliphatic rings. The van der Waals surface area contributed by atoms with Gasteiger partial charge in [-0.05, 0) is 67.1 Å². The van der Waals surface area contributed by atoms with Gasteiger partial charge in [-0.15, -0.1) is 0 Å². The number of nitrogens with one attached hydrogen (secondary N) is 2. The second kappa shape index (κ2) is 14.8. The van der Waals surface area contributed by atoms with Crippen LogP contribution in [0.5, 0.6) is 17.2 Å². The highest BCUT2D eigenvalue weighted by Crippen LogP contribution is 2.31. The summed E-state index contributed by atoms with van der Waals surface area (Å²) in [5.74, 6) is -0.343. The molecule has 3 aromatic carbocycles. The largest absolute Gasteiger partial charge is 0.493 e. The number of anilines is 2. The highest BCUT2D eigenvalue weighted by Gasteiger charge is 2.12. The summed E-state index contributed by atoms with van der Waals surface area (Å²) in [7, 11) is 1.56. The van der Waals surface area contributed by atoms with Gasteiger partial charge in [-0.3, -0.25) is 14.4 Å². The predicted molar refractivity (Wildman–Crippen MR) is 144 cm³/mol. The van der Waals surface area contributed by atoms with Gasteiger partial charge in [0.1, 0.15) is 5.75 Å². The Balaban J connectivity index is 1.36. The zero-order valence-corrected chi connectivity index (χ0v) is 21.7. The molecule has 0 aliphatic heterocycles. The van der Waals surface area contributed by atoms with Crippen LogP contribution in [0.4, 0.5) is 11.4 Å². The van der Waals surface area contributed by atoms with Crippen molar-refractivity contribution in [1.82, 2.24) is 0 Å². The molecule has 0 saturated heterocycles. The summed E-state index contributed by atoms with van der Waals surface area (Å²) in [6.07, 6.45) is 0.414. The van der Waals surface area contributed by atoms with Gasteiger partial charge in [-0.25, -0.2) is 4.79 Å². The Morgan fingerprint density at radius 3 is 1.97 bits per heavy atom. The molecule has 39 heavy (non-hydrogen) atoms. The quantitative estimate of drug-likeness (QED) is 0.295. The van der Waals surface area contributed by atoms with Crippen molar-refractivity contribution in [2.45, 2.75) is 26.2 Å². The van der Waals surface area contributed by atoms with E-state index in [0.717, 1.165) is 6.42 Å². The van der Waals surface area contributed by atoms with Gasteiger partial charge >= 0.3 is 11.9 Å². The normalized spacial score (nSPS) is 10.2. The number of methoxy groups -OCH3 is 1. The number of ether oxygens (including phenoxy) is 4. The Kier molecular flexibility index (Phi) is 10.9. The van der Waals surface area contributed by atoms with Crippen LogP contribution in [-0.4, -0.2) is 44.1 Å². The molecule has 0 aliphatic carbocycles. The van der Waals surface area contributed by atoms with Gasteiger partial charge in [0.15, 0.2) is 18.1 Å². The van der Waals surface area contributed by atoms with Gasteiger partial charge in [-0.2, -0.15) is 0 Å². The fourth-order valence-corrected chi connectivity index (χ4v) is 3.26. The van der Waals surface area contributed by atoms with E-state index < -0.39 is 24.5 Å². The van der Waals surface area contributed by atoms with Crippen molar-refractivity contribution in [3.05, 3.63) is 78.4 Å². The summed E-state index contributed by atoms with van der Waals surface area (Å²) < 4.78 is 21.1. The van der Waals surface area contributed by atoms with Crippen molar-refractivity contribution in [3.63, 3.8) is 0 Å². The highest BCUT2D eigenvalue weighted by molar-refractivity contribution is 5.95. The lowest BCUT2D eigenvalue weighted by molar-refractivity contribution is -0.147. The van der Waals surface area contributed by atoms with Crippen LogP contribution in [0.2, 0.25) is 0 Å². The first-order chi connectivity index (χ1) is 18.9. The number of benzene rings is 3. The highest BCUT2D eigenvalue weighted by atomic mass is 16.5. The second-order valence-corrected chi connectivity index (χ2v) is 8.25. The van der Waals surface area contributed by atoms with E-state index in [0.29, 0.717) is 40.8 Å². The molecule has 10 nitrogen and oxygen atoms in total. The Morgan fingerprint density at radius 1 is 0.718 bits per heavy atom. The van der Waals surface area contributed by atoms with E-state index in [2.05, 4.69) is 10.6 Å². The molecule has 3 aromatic rings. The molecule has 0 saturated carbocycles. The molecule has 0 radical (unpaired) electrons. The Bertz CT molecular complexity index is 1270. The third kappa shape index (κ3) is 9.51. The summed E-state index contributed by atoms with van der Waals surface area (Å²) in [6, 6.07) is 20.1. The average molecular weight is 535 g/mol. The van der Waals surface area contributed by atoms with Crippen LogP contribution < -0.4 is 20.1 Å². The minimum Gasteiger partial charge on any atom is -0.493 e. The maximum atomic E-state index is 12.2. The van der Waals surface area contributed by atoms with Gasteiger partial charge < -0.3 is 29.6 Å². The summed E-state index contributed by atoms with van der Waals surface area (Å²) in [5, 5.41) is 5.26.